The van der Waals surface area contributed by atoms with Crippen molar-refractivity contribution >= 4 is 17.5 Å². The van der Waals surface area contributed by atoms with Gasteiger partial charge in [0.05, 0.1) is 0 Å². The number of rotatable bonds is 6. The second-order valence-corrected chi connectivity index (χ2v) is 5.30. The summed E-state index contributed by atoms with van der Waals surface area (Å²) in [6, 6.07) is 5.58. The molecule has 2 atom stereocenters. The fourth-order valence-corrected chi connectivity index (χ4v) is 1.97. The van der Waals surface area contributed by atoms with Crippen molar-refractivity contribution in [3.63, 3.8) is 0 Å². The summed E-state index contributed by atoms with van der Waals surface area (Å²) >= 11 is 5.92. The molecule has 19 heavy (non-hydrogen) atoms. The Balaban J connectivity index is 2.61. The molecule has 0 spiro atoms. The number of ether oxygens (including phenoxy) is 1. The lowest BCUT2D eigenvalue weighted by Gasteiger charge is -2.19. The predicted octanol–water partition coefficient (Wildman–Crippen LogP) is 3.72. The Morgan fingerprint density at radius 2 is 2.11 bits per heavy atom. The summed E-state index contributed by atoms with van der Waals surface area (Å²) in [6.07, 6.45) is 1.48. The highest BCUT2D eigenvalue weighted by atomic mass is 35.5. The van der Waals surface area contributed by atoms with Crippen LogP contribution in [-0.4, -0.2) is 18.1 Å². The summed E-state index contributed by atoms with van der Waals surface area (Å²) in [7, 11) is 0. The van der Waals surface area contributed by atoms with Crippen LogP contribution in [0.1, 0.15) is 39.2 Å². The Bertz CT molecular complexity index is 434. The third-order valence-electron chi connectivity index (χ3n) is 2.93. The van der Waals surface area contributed by atoms with Crippen LogP contribution in [0.5, 0.6) is 5.75 Å². The second kappa shape index (κ2) is 7.39. The average Bonchev–Trinajstić information content (AvgIpc) is 2.34. The van der Waals surface area contributed by atoms with E-state index in [2.05, 4.69) is 12.2 Å². The van der Waals surface area contributed by atoms with E-state index >= 15 is 0 Å². The molecule has 0 aliphatic rings. The van der Waals surface area contributed by atoms with Crippen LogP contribution in [0.4, 0.5) is 0 Å². The average molecular weight is 284 g/mol. The molecule has 0 aliphatic carbocycles. The molecule has 0 heterocycles. The molecule has 1 aromatic rings. The van der Waals surface area contributed by atoms with Crippen LogP contribution < -0.4 is 10.1 Å². The second-order valence-electron chi connectivity index (χ2n) is 4.87. The number of nitrogens with one attached hydrogen (secondary N) is 1. The van der Waals surface area contributed by atoms with Gasteiger partial charge in [-0.1, -0.05) is 31.0 Å². The lowest BCUT2D eigenvalue weighted by Crippen LogP contribution is -2.41. The van der Waals surface area contributed by atoms with Crippen LogP contribution in [0, 0.1) is 6.92 Å². The molecule has 0 saturated carbocycles. The summed E-state index contributed by atoms with van der Waals surface area (Å²) in [6.45, 7) is 7.76. The first-order valence-corrected chi connectivity index (χ1v) is 7.05. The molecule has 0 bridgehead atoms. The van der Waals surface area contributed by atoms with E-state index in [1.165, 1.54) is 0 Å². The van der Waals surface area contributed by atoms with Crippen LogP contribution in [0.15, 0.2) is 18.2 Å². The monoisotopic (exact) mass is 283 g/mol. The predicted molar refractivity (Wildman–Crippen MR) is 78.8 cm³/mol. The minimum Gasteiger partial charge on any atom is -0.481 e. The van der Waals surface area contributed by atoms with Gasteiger partial charge in [0.15, 0.2) is 6.10 Å². The number of halogens is 1. The van der Waals surface area contributed by atoms with Gasteiger partial charge in [0.1, 0.15) is 5.75 Å². The van der Waals surface area contributed by atoms with E-state index in [0.717, 1.165) is 18.4 Å². The number of hydrogen-bond acceptors (Lipinski definition) is 2. The normalized spacial score (nSPS) is 13.7. The van der Waals surface area contributed by atoms with E-state index in [-0.39, 0.29) is 11.9 Å². The largest absolute Gasteiger partial charge is 0.481 e. The van der Waals surface area contributed by atoms with Gasteiger partial charge in [-0.3, -0.25) is 4.79 Å². The van der Waals surface area contributed by atoms with Gasteiger partial charge in [-0.15, -0.1) is 0 Å². The first-order chi connectivity index (χ1) is 8.93. The van der Waals surface area contributed by atoms with Crippen LogP contribution >= 0.6 is 11.6 Å². The van der Waals surface area contributed by atoms with Gasteiger partial charge < -0.3 is 10.1 Å². The van der Waals surface area contributed by atoms with E-state index in [1.807, 2.05) is 19.9 Å². The molecule has 0 aliphatic heterocycles. The lowest BCUT2D eigenvalue weighted by atomic mass is 10.2. The fraction of sp³-hybridized carbons (Fsp3) is 0.533. The topological polar surface area (TPSA) is 38.3 Å². The molecule has 0 radical (unpaired) electrons. The molecular weight excluding hydrogens is 262 g/mol. The van der Waals surface area contributed by atoms with Crippen molar-refractivity contribution < 1.29 is 9.53 Å². The molecule has 1 rings (SSSR count). The number of carbonyl (C=O) groups excluding carboxylic acids is 1. The van der Waals surface area contributed by atoms with Gasteiger partial charge in [-0.2, -0.15) is 0 Å². The smallest absolute Gasteiger partial charge is 0.260 e. The Hall–Kier alpha value is -1.22. The van der Waals surface area contributed by atoms with Crippen molar-refractivity contribution in [3.05, 3.63) is 28.8 Å². The van der Waals surface area contributed by atoms with Gasteiger partial charge in [-0.25, -0.2) is 0 Å². The summed E-state index contributed by atoms with van der Waals surface area (Å²) in [5.41, 5.74) is 0.964. The highest BCUT2D eigenvalue weighted by Crippen LogP contribution is 2.23. The zero-order valence-electron chi connectivity index (χ0n) is 12.0. The van der Waals surface area contributed by atoms with E-state index in [0.29, 0.717) is 10.8 Å². The summed E-state index contributed by atoms with van der Waals surface area (Å²) in [4.78, 5) is 12.0. The molecule has 3 nitrogen and oxygen atoms in total. The van der Waals surface area contributed by atoms with Crippen molar-refractivity contribution in [2.45, 2.75) is 52.7 Å². The maximum Gasteiger partial charge on any atom is 0.260 e. The molecule has 2 unspecified atom stereocenters. The molecule has 0 aromatic heterocycles. The highest BCUT2D eigenvalue weighted by molar-refractivity contribution is 6.30. The Morgan fingerprint density at radius 3 is 2.74 bits per heavy atom. The summed E-state index contributed by atoms with van der Waals surface area (Å²) in [5.74, 6) is 0.554. The Morgan fingerprint density at radius 1 is 1.42 bits per heavy atom. The number of amides is 1. The SMILES string of the molecule is CCCC(C)NC(=O)C(C)Oc1cc(Cl)ccc1C. The van der Waals surface area contributed by atoms with Gasteiger partial charge >= 0.3 is 0 Å². The number of aryl methyl sites for hydroxylation is 1. The zero-order chi connectivity index (χ0) is 14.4. The fourth-order valence-electron chi connectivity index (χ4n) is 1.81. The van der Waals surface area contributed by atoms with E-state index < -0.39 is 6.10 Å². The van der Waals surface area contributed by atoms with E-state index in [9.17, 15) is 4.79 Å². The Labute approximate surface area is 120 Å². The molecule has 0 fully saturated rings. The van der Waals surface area contributed by atoms with Crippen molar-refractivity contribution in [1.82, 2.24) is 5.32 Å². The first-order valence-electron chi connectivity index (χ1n) is 6.67. The molecule has 1 N–H and O–H groups in total. The van der Waals surface area contributed by atoms with Gasteiger partial charge in [0, 0.05) is 11.1 Å². The van der Waals surface area contributed by atoms with Crippen LogP contribution in [0.25, 0.3) is 0 Å². The third-order valence-corrected chi connectivity index (χ3v) is 3.17. The third kappa shape index (κ3) is 5.11. The molecular formula is C15H22ClNO2. The lowest BCUT2D eigenvalue weighted by molar-refractivity contribution is -0.127. The van der Waals surface area contributed by atoms with Crippen LogP contribution in [0.2, 0.25) is 5.02 Å². The zero-order valence-corrected chi connectivity index (χ0v) is 12.8. The minimum absolute atomic E-state index is 0.0969. The van der Waals surface area contributed by atoms with Crippen LogP contribution in [-0.2, 0) is 4.79 Å². The van der Waals surface area contributed by atoms with Crippen molar-refractivity contribution in [3.8, 4) is 5.75 Å². The van der Waals surface area contributed by atoms with Crippen molar-refractivity contribution in [1.29, 1.82) is 0 Å². The van der Waals surface area contributed by atoms with Crippen LogP contribution in [0.3, 0.4) is 0 Å². The van der Waals surface area contributed by atoms with Gasteiger partial charge in [-0.05, 0) is 44.9 Å². The number of hydrogen-bond donors (Lipinski definition) is 1. The van der Waals surface area contributed by atoms with Crippen molar-refractivity contribution in [2.75, 3.05) is 0 Å². The minimum atomic E-state index is -0.531. The molecule has 1 amide bonds. The van der Waals surface area contributed by atoms with Crippen molar-refractivity contribution in [2.24, 2.45) is 0 Å². The number of benzene rings is 1. The van der Waals surface area contributed by atoms with Gasteiger partial charge in [0.25, 0.3) is 5.91 Å². The summed E-state index contributed by atoms with van der Waals surface area (Å²) in [5, 5.41) is 3.54. The first kappa shape index (κ1) is 15.8. The number of carbonyl (C=O) groups is 1. The molecule has 106 valence electrons. The Kier molecular flexibility index (Phi) is 6.16. The standard InChI is InChI=1S/C15H22ClNO2/c1-5-6-11(3)17-15(18)12(4)19-14-9-13(16)8-7-10(14)2/h7-9,11-12H,5-6H2,1-4H3,(H,17,18). The maximum atomic E-state index is 12.0. The van der Waals surface area contributed by atoms with E-state index in [4.69, 9.17) is 16.3 Å². The molecule has 4 heteroatoms. The quantitative estimate of drug-likeness (QED) is 0.864. The maximum absolute atomic E-state index is 12.0. The molecule has 1 aromatic carbocycles. The molecule has 0 saturated heterocycles. The summed E-state index contributed by atoms with van der Waals surface area (Å²) < 4.78 is 5.67. The highest BCUT2D eigenvalue weighted by Gasteiger charge is 2.17. The van der Waals surface area contributed by atoms with E-state index in [1.54, 1.807) is 19.1 Å². The van der Waals surface area contributed by atoms with Gasteiger partial charge in [0.2, 0.25) is 0 Å².